The molecule has 1 saturated carbocycles. The van der Waals surface area contributed by atoms with E-state index in [1.807, 2.05) is 0 Å². The van der Waals surface area contributed by atoms with Crippen LogP contribution in [0.4, 0.5) is 4.39 Å². The van der Waals surface area contributed by atoms with Gasteiger partial charge < -0.3 is 0 Å². The van der Waals surface area contributed by atoms with Gasteiger partial charge >= 0.3 is 0 Å². The second-order valence-corrected chi connectivity index (χ2v) is 3.84. The standard InChI is InChI=1S/C11H14FN/c1-8-7-13-11(6-10(8)12)9-4-2-3-5-9/h6-7,9H,2-5H2,1H3. The molecule has 70 valence electrons. The summed E-state index contributed by atoms with van der Waals surface area (Å²) in [5.41, 5.74) is 1.59. The van der Waals surface area contributed by atoms with E-state index >= 15 is 0 Å². The van der Waals surface area contributed by atoms with E-state index in [0.717, 1.165) is 5.69 Å². The van der Waals surface area contributed by atoms with Gasteiger partial charge in [0.1, 0.15) is 5.82 Å². The second kappa shape index (κ2) is 3.44. The first kappa shape index (κ1) is 8.67. The van der Waals surface area contributed by atoms with E-state index in [2.05, 4.69) is 4.98 Å². The van der Waals surface area contributed by atoms with E-state index in [4.69, 9.17) is 0 Å². The fourth-order valence-corrected chi connectivity index (χ4v) is 1.96. The van der Waals surface area contributed by atoms with E-state index in [-0.39, 0.29) is 5.82 Å². The topological polar surface area (TPSA) is 12.9 Å². The zero-order valence-corrected chi connectivity index (χ0v) is 7.89. The molecule has 1 heterocycles. The summed E-state index contributed by atoms with van der Waals surface area (Å²) in [7, 11) is 0. The molecule has 1 aromatic heterocycles. The van der Waals surface area contributed by atoms with Crippen LogP contribution < -0.4 is 0 Å². The second-order valence-electron chi connectivity index (χ2n) is 3.84. The molecule has 0 atom stereocenters. The summed E-state index contributed by atoms with van der Waals surface area (Å²) < 4.78 is 13.2. The van der Waals surface area contributed by atoms with Crippen LogP contribution in [0.25, 0.3) is 0 Å². The number of nitrogens with zero attached hydrogens (tertiary/aromatic N) is 1. The number of hydrogen-bond acceptors (Lipinski definition) is 1. The van der Waals surface area contributed by atoms with Crippen molar-refractivity contribution in [2.45, 2.75) is 38.5 Å². The number of halogens is 1. The number of rotatable bonds is 1. The van der Waals surface area contributed by atoms with E-state index in [9.17, 15) is 4.39 Å². The summed E-state index contributed by atoms with van der Waals surface area (Å²) in [6.45, 7) is 1.75. The monoisotopic (exact) mass is 179 g/mol. The molecule has 0 amide bonds. The van der Waals surface area contributed by atoms with Crippen molar-refractivity contribution in [2.24, 2.45) is 0 Å². The molecule has 0 unspecified atom stereocenters. The van der Waals surface area contributed by atoms with Crippen LogP contribution >= 0.6 is 0 Å². The Kier molecular flexibility index (Phi) is 2.30. The zero-order chi connectivity index (χ0) is 9.26. The molecule has 0 aliphatic heterocycles. The Morgan fingerprint density at radius 2 is 2.08 bits per heavy atom. The lowest BCUT2D eigenvalue weighted by molar-refractivity contribution is 0.601. The minimum Gasteiger partial charge on any atom is -0.261 e. The van der Waals surface area contributed by atoms with Gasteiger partial charge in [-0.1, -0.05) is 12.8 Å². The molecule has 1 aliphatic carbocycles. The Balaban J connectivity index is 2.25. The molecule has 0 spiro atoms. The van der Waals surface area contributed by atoms with Gasteiger partial charge in [-0.15, -0.1) is 0 Å². The quantitative estimate of drug-likeness (QED) is 0.645. The predicted molar refractivity (Wildman–Crippen MR) is 50.1 cm³/mol. The fraction of sp³-hybridized carbons (Fsp3) is 0.545. The van der Waals surface area contributed by atoms with Crippen LogP contribution in [0.3, 0.4) is 0 Å². The summed E-state index contributed by atoms with van der Waals surface area (Å²) in [5.74, 6) is 0.395. The van der Waals surface area contributed by atoms with E-state index < -0.39 is 0 Å². The third-order valence-electron chi connectivity index (χ3n) is 2.83. The minimum atomic E-state index is -0.114. The molecule has 0 aromatic carbocycles. The van der Waals surface area contributed by atoms with Crippen molar-refractivity contribution >= 4 is 0 Å². The third kappa shape index (κ3) is 1.71. The summed E-state index contributed by atoms with van der Waals surface area (Å²) in [4.78, 5) is 4.28. The van der Waals surface area contributed by atoms with Gasteiger partial charge in [0.15, 0.2) is 0 Å². The molecule has 0 saturated heterocycles. The maximum absolute atomic E-state index is 13.2. The summed E-state index contributed by atoms with van der Waals surface area (Å²) in [5, 5.41) is 0. The van der Waals surface area contributed by atoms with Crippen LogP contribution in [-0.4, -0.2) is 4.98 Å². The summed E-state index contributed by atoms with van der Waals surface area (Å²) >= 11 is 0. The van der Waals surface area contributed by atoms with Gasteiger partial charge in [-0.05, 0) is 25.8 Å². The first-order valence-corrected chi connectivity index (χ1v) is 4.89. The SMILES string of the molecule is Cc1cnc(C2CCCC2)cc1F. The van der Waals surface area contributed by atoms with Crippen LogP contribution in [0, 0.1) is 12.7 Å². The van der Waals surface area contributed by atoms with E-state index in [0.29, 0.717) is 11.5 Å². The normalized spacial score (nSPS) is 18.0. The lowest BCUT2D eigenvalue weighted by atomic mass is 10.0. The Labute approximate surface area is 78.0 Å². The molecular formula is C11H14FN. The third-order valence-corrected chi connectivity index (χ3v) is 2.83. The van der Waals surface area contributed by atoms with Gasteiger partial charge in [0.25, 0.3) is 0 Å². The predicted octanol–water partition coefficient (Wildman–Crippen LogP) is 3.19. The highest BCUT2D eigenvalue weighted by Gasteiger charge is 2.18. The van der Waals surface area contributed by atoms with Crippen LogP contribution in [0.5, 0.6) is 0 Å². The van der Waals surface area contributed by atoms with Gasteiger partial charge in [0.2, 0.25) is 0 Å². The first-order chi connectivity index (χ1) is 6.27. The maximum atomic E-state index is 13.2. The molecule has 2 rings (SSSR count). The molecule has 13 heavy (non-hydrogen) atoms. The average Bonchev–Trinajstić information content (AvgIpc) is 2.62. The van der Waals surface area contributed by atoms with Gasteiger partial charge in [-0.25, -0.2) is 4.39 Å². The van der Waals surface area contributed by atoms with Crippen LogP contribution in [0.1, 0.15) is 42.9 Å². The van der Waals surface area contributed by atoms with Crippen molar-refractivity contribution in [3.63, 3.8) is 0 Å². The average molecular weight is 179 g/mol. The number of pyridine rings is 1. The van der Waals surface area contributed by atoms with Gasteiger partial charge in [-0.3, -0.25) is 4.98 Å². The number of aryl methyl sites for hydroxylation is 1. The van der Waals surface area contributed by atoms with Crippen molar-refractivity contribution in [3.05, 3.63) is 29.3 Å². The number of hydrogen-bond donors (Lipinski definition) is 0. The smallest absolute Gasteiger partial charge is 0.129 e. The lowest BCUT2D eigenvalue weighted by Gasteiger charge is -2.08. The van der Waals surface area contributed by atoms with Crippen LogP contribution in [0.2, 0.25) is 0 Å². The van der Waals surface area contributed by atoms with Crippen molar-refractivity contribution in [1.82, 2.24) is 4.98 Å². The summed E-state index contributed by atoms with van der Waals surface area (Å²) in [6, 6.07) is 1.60. The van der Waals surface area contributed by atoms with E-state index in [1.165, 1.54) is 25.7 Å². The van der Waals surface area contributed by atoms with Gasteiger partial charge in [-0.2, -0.15) is 0 Å². The van der Waals surface area contributed by atoms with Crippen LogP contribution in [0.15, 0.2) is 12.3 Å². The first-order valence-electron chi connectivity index (χ1n) is 4.89. The Morgan fingerprint density at radius 3 is 2.69 bits per heavy atom. The highest BCUT2D eigenvalue weighted by molar-refractivity contribution is 5.18. The molecular weight excluding hydrogens is 165 g/mol. The van der Waals surface area contributed by atoms with Gasteiger partial charge in [0.05, 0.1) is 0 Å². The highest BCUT2D eigenvalue weighted by Crippen LogP contribution is 2.33. The lowest BCUT2D eigenvalue weighted by Crippen LogP contribution is -1.98. The molecule has 1 aliphatic rings. The Hall–Kier alpha value is -0.920. The molecule has 1 fully saturated rings. The maximum Gasteiger partial charge on any atom is 0.129 e. The Morgan fingerprint density at radius 1 is 1.38 bits per heavy atom. The molecule has 0 N–H and O–H groups in total. The zero-order valence-electron chi connectivity index (χ0n) is 7.89. The fourth-order valence-electron chi connectivity index (χ4n) is 1.96. The Bertz CT molecular complexity index is 303. The van der Waals surface area contributed by atoms with Crippen molar-refractivity contribution in [2.75, 3.05) is 0 Å². The van der Waals surface area contributed by atoms with Crippen molar-refractivity contribution in [1.29, 1.82) is 0 Å². The van der Waals surface area contributed by atoms with Gasteiger partial charge in [0, 0.05) is 23.4 Å². The molecule has 1 aromatic rings. The van der Waals surface area contributed by atoms with E-state index in [1.54, 1.807) is 19.2 Å². The molecule has 0 radical (unpaired) electrons. The van der Waals surface area contributed by atoms with Crippen molar-refractivity contribution in [3.8, 4) is 0 Å². The largest absolute Gasteiger partial charge is 0.261 e. The highest BCUT2D eigenvalue weighted by atomic mass is 19.1. The molecule has 2 heteroatoms. The van der Waals surface area contributed by atoms with Crippen molar-refractivity contribution < 1.29 is 4.39 Å². The molecule has 0 bridgehead atoms. The minimum absolute atomic E-state index is 0.114. The number of aromatic nitrogens is 1. The van der Waals surface area contributed by atoms with Crippen LogP contribution in [-0.2, 0) is 0 Å². The molecule has 1 nitrogen and oxygen atoms in total. The summed E-state index contributed by atoms with van der Waals surface area (Å²) in [6.07, 6.45) is 6.53.